The summed E-state index contributed by atoms with van der Waals surface area (Å²) in [5.41, 5.74) is 1.12. The summed E-state index contributed by atoms with van der Waals surface area (Å²) in [5, 5.41) is 11.8. The highest BCUT2D eigenvalue weighted by molar-refractivity contribution is 6.30. The van der Waals surface area contributed by atoms with Crippen LogP contribution < -0.4 is 11.0 Å². The van der Waals surface area contributed by atoms with E-state index in [0.29, 0.717) is 23.0 Å². The molecule has 0 spiro atoms. The van der Waals surface area contributed by atoms with Gasteiger partial charge in [-0.2, -0.15) is 5.10 Å². The van der Waals surface area contributed by atoms with Crippen molar-refractivity contribution in [1.82, 2.24) is 24.0 Å². The van der Waals surface area contributed by atoms with E-state index in [1.807, 2.05) is 12.1 Å². The zero-order chi connectivity index (χ0) is 18.8. The Morgan fingerprint density at radius 1 is 1.07 bits per heavy atom. The molecule has 0 aliphatic heterocycles. The minimum Gasteiger partial charge on any atom is -0.309 e. The third kappa shape index (κ3) is 3.61. The number of hydrogen-bond donors (Lipinski definition) is 1. The lowest BCUT2D eigenvalue weighted by atomic mass is 10.2. The second-order valence-corrected chi connectivity index (χ2v) is 6.35. The summed E-state index contributed by atoms with van der Waals surface area (Å²) in [4.78, 5) is 24.6. The van der Waals surface area contributed by atoms with E-state index in [-0.39, 0.29) is 18.1 Å². The van der Waals surface area contributed by atoms with Gasteiger partial charge in [0.25, 0.3) is 0 Å². The number of carbonyl (C=O) groups excluding carboxylic acids is 1. The Morgan fingerprint density at radius 2 is 1.89 bits per heavy atom. The van der Waals surface area contributed by atoms with Crippen LogP contribution >= 0.6 is 11.6 Å². The molecule has 0 aliphatic carbocycles. The molecule has 0 aliphatic rings. The second kappa shape index (κ2) is 7.08. The lowest BCUT2D eigenvalue weighted by molar-refractivity contribution is -0.117. The fourth-order valence-corrected chi connectivity index (χ4v) is 2.84. The highest BCUT2D eigenvalue weighted by Gasteiger charge is 2.12. The maximum absolute atomic E-state index is 12.4. The molecule has 27 heavy (non-hydrogen) atoms. The normalized spacial score (nSPS) is 11.0. The van der Waals surface area contributed by atoms with Gasteiger partial charge in [-0.15, -0.1) is 5.10 Å². The van der Waals surface area contributed by atoms with Crippen molar-refractivity contribution in [1.29, 1.82) is 0 Å². The Kier molecular flexibility index (Phi) is 4.47. The smallest absolute Gasteiger partial charge is 0.309 e. The average molecular weight is 383 g/mol. The average Bonchev–Trinajstić information content (AvgIpc) is 3.22. The van der Waals surface area contributed by atoms with E-state index >= 15 is 0 Å². The van der Waals surface area contributed by atoms with Gasteiger partial charge in [-0.25, -0.2) is 14.2 Å². The third-order valence-electron chi connectivity index (χ3n) is 4.01. The van der Waals surface area contributed by atoms with Gasteiger partial charge in [0.1, 0.15) is 12.4 Å². The lowest BCUT2D eigenvalue weighted by Gasteiger charge is -2.09. The number of hydrogen-bond acceptors (Lipinski definition) is 4. The maximum Gasteiger partial charge on any atom is 0.350 e. The largest absolute Gasteiger partial charge is 0.350 e. The summed E-state index contributed by atoms with van der Waals surface area (Å²) < 4.78 is 4.18. The minimum absolute atomic E-state index is 0.188. The number of aromatic nitrogens is 5. The molecule has 0 unspecified atom stereocenters. The van der Waals surface area contributed by atoms with Gasteiger partial charge in [0, 0.05) is 17.3 Å². The van der Waals surface area contributed by atoms with Gasteiger partial charge in [0.2, 0.25) is 5.91 Å². The van der Waals surface area contributed by atoms with Gasteiger partial charge in [-0.05, 0) is 29.8 Å². The molecule has 0 atom stereocenters. The van der Waals surface area contributed by atoms with Crippen LogP contribution in [0.3, 0.4) is 0 Å². The zero-order valence-corrected chi connectivity index (χ0v) is 14.9. The van der Waals surface area contributed by atoms with Crippen LogP contribution in [0.25, 0.3) is 5.65 Å². The van der Waals surface area contributed by atoms with Crippen molar-refractivity contribution in [2.75, 3.05) is 5.32 Å². The number of benzene rings is 1. The topological polar surface area (TPSA) is 86.2 Å². The van der Waals surface area contributed by atoms with Crippen molar-refractivity contribution in [3.8, 4) is 0 Å². The van der Waals surface area contributed by atoms with Crippen molar-refractivity contribution < 1.29 is 4.79 Å². The van der Waals surface area contributed by atoms with E-state index in [1.54, 1.807) is 53.5 Å². The molecule has 0 radical (unpaired) electrons. The van der Waals surface area contributed by atoms with Crippen molar-refractivity contribution in [3.05, 3.63) is 82.0 Å². The Balaban J connectivity index is 1.48. The number of amides is 1. The number of nitrogens with one attached hydrogen (secondary N) is 1. The summed E-state index contributed by atoms with van der Waals surface area (Å²) in [6, 6.07) is 14.3. The number of carbonyl (C=O) groups is 1. The number of fused-ring (bicyclic) bond motifs is 1. The molecule has 4 aromatic rings. The fourth-order valence-electron chi connectivity index (χ4n) is 2.72. The van der Waals surface area contributed by atoms with Crippen LogP contribution in [0.5, 0.6) is 0 Å². The van der Waals surface area contributed by atoms with Gasteiger partial charge in [0.05, 0.1) is 12.7 Å². The summed E-state index contributed by atoms with van der Waals surface area (Å²) in [6.45, 7) is 0.292. The number of rotatable bonds is 5. The summed E-state index contributed by atoms with van der Waals surface area (Å²) in [7, 11) is 0. The first-order valence-electron chi connectivity index (χ1n) is 8.20. The molecule has 136 valence electrons. The number of pyridine rings is 1. The van der Waals surface area contributed by atoms with Gasteiger partial charge in [-0.1, -0.05) is 29.8 Å². The van der Waals surface area contributed by atoms with E-state index in [9.17, 15) is 9.59 Å². The fraction of sp³-hybridized carbons (Fsp3) is 0.111. The van der Waals surface area contributed by atoms with Crippen molar-refractivity contribution in [2.24, 2.45) is 0 Å². The number of nitrogens with zero attached hydrogens (tertiary/aromatic N) is 5. The van der Waals surface area contributed by atoms with Crippen LogP contribution in [0.15, 0.2) is 65.7 Å². The van der Waals surface area contributed by atoms with Crippen LogP contribution in [0, 0.1) is 0 Å². The standard InChI is InChI=1S/C18H15ClN6O2/c19-14-6-4-13(5-7-14)11-24-15(8-9-20-24)21-17(26)12-25-18(27)23-10-2-1-3-16(23)22-25/h1-10H,11-12H2,(H,21,26). The highest BCUT2D eigenvalue weighted by atomic mass is 35.5. The van der Waals surface area contributed by atoms with Gasteiger partial charge in [0.15, 0.2) is 5.65 Å². The highest BCUT2D eigenvalue weighted by Crippen LogP contribution is 2.13. The molecule has 1 aromatic carbocycles. The third-order valence-corrected chi connectivity index (χ3v) is 4.26. The molecule has 4 rings (SSSR count). The van der Waals surface area contributed by atoms with E-state index < -0.39 is 0 Å². The molecule has 1 N–H and O–H groups in total. The SMILES string of the molecule is O=C(Cn1nc2ccccn2c1=O)Nc1ccnn1Cc1ccc(Cl)cc1. The molecule has 3 aromatic heterocycles. The predicted molar refractivity (Wildman–Crippen MR) is 101 cm³/mol. The Hall–Kier alpha value is -3.39. The minimum atomic E-state index is -0.365. The van der Waals surface area contributed by atoms with Crippen LogP contribution in [0.4, 0.5) is 5.82 Å². The van der Waals surface area contributed by atoms with Crippen molar-refractivity contribution in [3.63, 3.8) is 0 Å². The first-order chi connectivity index (χ1) is 13.1. The summed E-state index contributed by atoms with van der Waals surface area (Å²) in [5.74, 6) is 0.171. The Labute approximate surface area is 158 Å². The predicted octanol–water partition coefficient (Wildman–Crippen LogP) is 2.03. The first-order valence-corrected chi connectivity index (χ1v) is 8.58. The summed E-state index contributed by atoms with van der Waals surface area (Å²) in [6.07, 6.45) is 3.21. The number of halogens is 1. The van der Waals surface area contributed by atoms with E-state index in [1.165, 1.54) is 4.40 Å². The van der Waals surface area contributed by atoms with E-state index in [2.05, 4.69) is 15.5 Å². The molecular formula is C18H15ClN6O2. The second-order valence-electron chi connectivity index (χ2n) is 5.92. The van der Waals surface area contributed by atoms with Crippen LogP contribution in [0.1, 0.15) is 5.56 Å². The number of anilines is 1. The van der Waals surface area contributed by atoms with Crippen LogP contribution in [-0.4, -0.2) is 29.9 Å². The van der Waals surface area contributed by atoms with Gasteiger partial charge >= 0.3 is 5.69 Å². The van der Waals surface area contributed by atoms with Crippen LogP contribution in [0.2, 0.25) is 5.02 Å². The lowest BCUT2D eigenvalue weighted by Crippen LogP contribution is -2.28. The van der Waals surface area contributed by atoms with E-state index in [4.69, 9.17) is 11.6 Å². The zero-order valence-electron chi connectivity index (χ0n) is 14.1. The van der Waals surface area contributed by atoms with Crippen LogP contribution in [-0.2, 0) is 17.9 Å². The molecule has 0 saturated heterocycles. The molecule has 3 heterocycles. The molecular weight excluding hydrogens is 368 g/mol. The monoisotopic (exact) mass is 382 g/mol. The Morgan fingerprint density at radius 3 is 2.67 bits per heavy atom. The molecule has 0 saturated carbocycles. The maximum atomic E-state index is 12.4. The van der Waals surface area contributed by atoms with Gasteiger partial charge in [-0.3, -0.25) is 9.20 Å². The molecule has 1 amide bonds. The molecule has 8 nitrogen and oxygen atoms in total. The quantitative estimate of drug-likeness (QED) is 0.572. The van der Waals surface area contributed by atoms with Crippen molar-refractivity contribution >= 4 is 29.0 Å². The van der Waals surface area contributed by atoms with Gasteiger partial charge < -0.3 is 5.32 Å². The van der Waals surface area contributed by atoms with E-state index in [0.717, 1.165) is 10.2 Å². The molecule has 0 bridgehead atoms. The molecule has 0 fully saturated rings. The summed E-state index contributed by atoms with van der Waals surface area (Å²) >= 11 is 5.90. The Bertz CT molecular complexity index is 1160. The van der Waals surface area contributed by atoms with Crippen molar-refractivity contribution in [2.45, 2.75) is 13.1 Å². The molecule has 9 heteroatoms. The first kappa shape index (κ1) is 17.0.